The van der Waals surface area contributed by atoms with Crippen molar-refractivity contribution in [2.45, 2.75) is 24.2 Å². The molecule has 144 valence electrons. The van der Waals surface area contributed by atoms with Gasteiger partial charge in [-0.3, -0.25) is 4.79 Å². The third kappa shape index (κ3) is 4.64. The zero-order valence-corrected chi connectivity index (χ0v) is 15.6. The predicted molar refractivity (Wildman–Crippen MR) is 94.9 cm³/mol. The maximum absolute atomic E-state index is 12.8. The largest absolute Gasteiger partial charge is 0.495 e. The molecule has 1 aromatic rings. The molecular weight excluding hydrogens is 362 g/mol. The van der Waals surface area contributed by atoms with Crippen molar-refractivity contribution >= 4 is 27.7 Å². The summed E-state index contributed by atoms with van der Waals surface area (Å²) in [6.45, 7) is 0.955. The standard InChI is InChI=1S/C16H23N3O6S/c1-18(10-7-15(20)21)16(22)17-12-5-6-13(25-2)14(11-12)26(23,24)19-8-3-4-9-19/h5-6,11H,3-4,7-10H2,1-2H3,(H,17,22)(H,20,21). The molecule has 0 aliphatic carbocycles. The molecule has 10 heteroatoms. The van der Waals surface area contributed by atoms with Crippen molar-refractivity contribution in [2.24, 2.45) is 0 Å². The van der Waals surface area contributed by atoms with Gasteiger partial charge in [-0.05, 0) is 31.0 Å². The lowest BCUT2D eigenvalue weighted by Gasteiger charge is -2.20. The van der Waals surface area contributed by atoms with Crippen molar-refractivity contribution in [3.63, 3.8) is 0 Å². The van der Waals surface area contributed by atoms with Crippen LogP contribution in [0, 0.1) is 0 Å². The summed E-state index contributed by atoms with van der Waals surface area (Å²) in [5.74, 6) is -0.803. The number of methoxy groups -OCH3 is 1. The zero-order valence-electron chi connectivity index (χ0n) is 14.8. The first kappa shape index (κ1) is 20.0. The lowest BCUT2D eigenvalue weighted by molar-refractivity contribution is -0.137. The minimum Gasteiger partial charge on any atom is -0.495 e. The van der Waals surface area contributed by atoms with Crippen LogP contribution in [0.3, 0.4) is 0 Å². The van der Waals surface area contributed by atoms with E-state index in [2.05, 4.69) is 5.32 Å². The molecule has 2 amide bonds. The van der Waals surface area contributed by atoms with Crippen LogP contribution in [0.15, 0.2) is 23.1 Å². The topological polar surface area (TPSA) is 116 Å². The number of carbonyl (C=O) groups is 2. The van der Waals surface area contributed by atoms with E-state index in [1.54, 1.807) is 0 Å². The number of aliphatic carboxylic acids is 1. The van der Waals surface area contributed by atoms with Crippen LogP contribution >= 0.6 is 0 Å². The molecule has 1 aliphatic rings. The van der Waals surface area contributed by atoms with Gasteiger partial charge >= 0.3 is 12.0 Å². The number of hydrogen-bond acceptors (Lipinski definition) is 5. The van der Waals surface area contributed by atoms with Gasteiger partial charge in [0.2, 0.25) is 10.0 Å². The molecule has 0 aromatic heterocycles. The maximum atomic E-state index is 12.8. The molecule has 0 bridgehead atoms. The van der Waals surface area contributed by atoms with E-state index in [9.17, 15) is 18.0 Å². The summed E-state index contributed by atoms with van der Waals surface area (Å²) in [6, 6.07) is 3.84. The second-order valence-electron chi connectivity index (χ2n) is 5.97. The molecule has 2 N–H and O–H groups in total. The Morgan fingerprint density at radius 1 is 1.31 bits per heavy atom. The number of nitrogens with one attached hydrogen (secondary N) is 1. The normalized spacial score (nSPS) is 14.8. The molecule has 0 saturated carbocycles. The number of carboxylic acid groups (broad SMARTS) is 1. The highest BCUT2D eigenvalue weighted by atomic mass is 32.2. The van der Waals surface area contributed by atoms with Gasteiger partial charge in [-0.2, -0.15) is 4.31 Å². The van der Waals surface area contributed by atoms with Gasteiger partial charge in [0, 0.05) is 32.4 Å². The van der Waals surface area contributed by atoms with E-state index in [4.69, 9.17) is 9.84 Å². The van der Waals surface area contributed by atoms with Gasteiger partial charge in [0.05, 0.1) is 13.5 Å². The Labute approximate surface area is 152 Å². The summed E-state index contributed by atoms with van der Waals surface area (Å²) in [4.78, 5) is 23.9. The Kier molecular flexibility index (Phi) is 6.43. The molecule has 0 spiro atoms. The molecule has 1 saturated heterocycles. The number of hydrogen-bond donors (Lipinski definition) is 2. The quantitative estimate of drug-likeness (QED) is 0.733. The number of nitrogens with zero attached hydrogens (tertiary/aromatic N) is 2. The van der Waals surface area contributed by atoms with E-state index in [1.165, 1.54) is 41.6 Å². The smallest absolute Gasteiger partial charge is 0.321 e. The molecule has 26 heavy (non-hydrogen) atoms. The molecule has 0 radical (unpaired) electrons. The van der Waals surface area contributed by atoms with Gasteiger partial charge in [-0.15, -0.1) is 0 Å². The second kappa shape index (κ2) is 8.37. The number of amides is 2. The number of rotatable bonds is 7. The van der Waals surface area contributed by atoms with Crippen molar-refractivity contribution in [1.29, 1.82) is 0 Å². The Balaban J connectivity index is 2.21. The van der Waals surface area contributed by atoms with Crippen LogP contribution in [0.4, 0.5) is 10.5 Å². The predicted octanol–water partition coefficient (Wildman–Crippen LogP) is 1.42. The van der Waals surface area contributed by atoms with Gasteiger partial charge in [-0.1, -0.05) is 0 Å². The lowest BCUT2D eigenvalue weighted by atomic mass is 10.3. The maximum Gasteiger partial charge on any atom is 0.321 e. The van der Waals surface area contributed by atoms with Gasteiger partial charge in [-0.25, -0.2) is 13.2 Å². The molecular formula is C16H23N3O6S. The summed E-state index contributed by atoms with van der Waals surface area (Å²) >= 11 is 0. The van der Waals surface area contributed by atoms with E-state index in [0.717, 1.165) is 12.8 Å². The van der Waals surface area contributed by atoms with Gasteiger partial charge < -0.3 is 20.1 Å². The number of benzene rings is 1. The number of carbonyl (C=O) groups excluding carboxylic acids is 1. The zero-order chi connectivity index (χ0) is 19.3. The van der Waals surface area contributed by atoms with Crippen LogP contribution in [0.2, 0.25) is 0 Å². The average Bonchev–Trinajstić information content (AvgIpc) is 3.15. The first-order valence-electron chi connectivity index (χ1n) is 8.18. The number of anilines is 1. The number of carboxylic acids is 1. The SMILES string of the molecule is COc1ccc(NC(=O)N(C)CCC(=O)O)cc1S(=O)(=O)N1CCCC1. The van der Waals surface area contributed by atoms with Crippen molar-refractivity contribution < 1.29 is 27.9 Å². The lowest BCUT2D eigenvalue weighted by Crippen LogP contribution is -2.33. The highest BCUT2D eigenvalue weighted by Crippen LogP contribution is 2.31. The van der Waals surface area contributed by atoms with E-state index < -0.39 is 22.0 Å². The highest BCUT2D eigenvalue weighted by molar-refractivity contribution is 7.89. The van der Waals surface area contributed by atoms with Gasteiger partial charge in [0.15, 0.2) is 0 Å². The summed E-state index contributed by atoms with van der Waals surface area (Å²) in [6.07, 6.45) is 1.44. The average molecular weight is 385 g/mol. The van der Waals surface area contributed by atoms with Crippen LogP contribution < -0.4 is 10.1 Å². The van der Waals surface area contributed by atoms with Crippen molar-refractivity contribution in [2.75, 3.05) is 39.1 Å². The van der Waals surface area contributed by atoms with E-state index in [1.807, 2.05) is 0 Å². The molecule has 0 atom stereocenters. The van der Waals surface area contributed by atoms with Crippen molar-refractivity contribution in [3.8, 4) is 5.75 Å². The summed E-state index contributed by atoms with van der Waals surface area (Å²) < 4.78 is 32.2. The Morgan fingerprint density at radius 3 is 2.54 bits per heavy atom. The van der Waals surface area contributed by atoms with Gasteiger partial charge in [0.1, 0.15) is 10.6 Å². The van der Waals surface area contributed by atoms with Crippen molar-refractivity contribution in [1.82, 2.24) is 9.21 Å². The van der Waals surface area contributed by atoms with E-state index in [-0.39, 0.29) is 29.3 Å². The first-order valence-corrected chi connectivity index (χ1v) is 9.62. The van der Waals surface area contributed by atoms with Crippen molar-refractivity contribution in [3.05, 3.63) is 18.2 Å². The fourth-order valence-electron chi connectivity index (χ4n) is 2.61. The number of sulfonamides is 1. The fraction of sp³-hybridized carbons (Fsp3) is 0.500. The molecule has 0 unspecified atom stereocenters. The van der Waals surface area contributed by atoms with Crippen LogP contribution in [-0.4, -0.2) is 68.5 Å². The minimum atomic E-state index is -3.72. The third-order valence-electron chi connectivity index (χ3n) is 4.11. The highest BCUT2D eigenvalue weighted by Gasteiger charge is 2.30. The molecule has 1 aliphatic heterocycles. The second-order valence-corrected chi connectivity index (χ2v) is 7.88. The number of urea groups is 1. The minimum absolute atomic E-state index is 0.00658. The first-order chi connectivity index (χ1) is 12.3. The van der Waals surface area contributed by atoms with Gasteiger partial charge in [0.25, 0.3) is 0 Å². The Bertz CT molecular complexity index is 774. The molecule has 1 aromatic carbocycles. The molecule has 1 fully saturated rings. The monoisotopic (exact) mass is 385 g/mol. The van der Waals surface area contributed by atoms with Crippen LogP contribution in [0.5, 0.6) is 5.75 Å². The Morgan fingerprint density at radius 2 is 1.96 bits per heavy atom. The van der Waals surface area contributed by atoms with Crippen LogP contribution in [0.1, 0.15) is 19.3 Å². The summed E-state index contributed by atoms with van der Waals surface area (Å²) in [5, 5.41) is 11.3. The van der Waals surface area contributed by atoms with E-state index in [0.29, 0.717) is 13.1 Å². The summed E-state index contributed by atoms with van der Waals surface area (Å²) in [5.41, 5.74) is 0.288. The Hall–Kier alpha value is -2.33. The third-order valence-corrected chi connectivity index (χ3v) is 6.03. The molecule has 1 heterocycles. The van der Waals surface area contributed by atoms with Crippen LogP contribution in [-0.2, 0) is 14.8 Å². The molecule has 9 nitrogen and oxygen atoms in total. The molecule has 2 rings (SSSR count). The van der Waals surface area contributed by atoms with E-state index >= 15 is 0 Å². The number of ether oxygens (including phenoxy) is 1. The van der Waals surface area contributed by atoms with Crippen LogP contribution in [0.25, 0.3) is 0 Å². The fourth-order valence-corrected chi connectivity index (χ4v) is 4.31. The summed E-state index contributed by atoms with van der Waals surface area (Å²) in [7, 11) is -0.869.